The van der Waals surface area contributed by atoms with Gasteiger partial charge >= 0.3 is 0 Å². The fourth-order valence-electron chi connectivity index (χ4n) is 2.92. The molecular weight excluding hydrogens is 292 g/mol. The van der Waals surface area contributed by atoms with Gasteiger partial charge < -0.3 is 10.1 Å². The van der Waals surface area contributed by atoms with E-state index in [2.05, 4.69) is 15.4 Å². The molecule has 1 fully saturated rings. The van der Waals surface area contributed by atoms with E-state index in [0.717, 1.165) is 31.4 Å². The molecule has 1 aliphatic rings. The minimum atomic E-state index is 0.0362. The first kappa shape index (κ1) is 15.5. The van der Waals surface area contributed by atoms with E-state index in [-0.39, 0.29) is 18.1 Å². The molecule has 1 aromatic heterocycles. The number of hydrogen-bond acceptors (Lipinski definition) is 4. The van der Waals surface area contributed by atoms with Crippen LogP contribution in [0.25, 0.3) is 0 Å². The molecule has 0 saturated heterocycles. The van der Waals surface area contributed by atoms with E-state index in [0.29, 0.717) is 13.0 Å². The van der Waals surface area contributed by atoms with Crippen LogP contribution in [0.15, 0.2) is 43.0 Å². The Morgan fingerprint density at radius 1 is 1.26 bits per heavy atom. The van der Waals surface area contributed by atoms with E-state index in [1.165, 1.54) is 6.33 Å². The highest BCUT2D eigenvalue weighted by Crippen LogP contribution is 2.24. The summed E-state index contributed by atoms with van der Waals surface area (Å²) >= 11 is 0. The van der Waals surface area contributed by atoms with Crippen molar-refractivity contribution in [3.8, 4) is 5.75 Å². The summed E-state index contributed by atoms with van der Waals surface area (Å²) in [5, 5.41) is 7.13. The molecular formula is C17H22N4O2. The van der Waals surface area contributed by atoms with Gasteiger partial charge in [-0.1, -0.05) is 24.6 Å². The molecule has 6 heteroatoms. The number of carbonyl (C=O) groups is 1. The average molecular weight is 314 g/mol. The summed E-state index contributed by atoms with van der Waals surface area (Å²) in [5.74, 6) is 0.898. The molecule has 1 heterocycles. The third-order valence-corrected chi connectivity index (χ3v) is 4.11. The quantitative estimate of drug-likeness (QED) is 0.887. The summed E-state index contributed by atoms with van der Waals surface area (Å²) in [5.41, 5.74) is 0. The van der Waals surface area contributed by atoms with Crippen LogP contribution in [0, 0.1) is 0 Å². The Labute approximate surface area is 135 Å². The van der Waals surface area contributed by atoms with E-state index >= 15 is 0 Å². The van der Waals surface area contributed by atoms with Crippen molar-refractivity contribution in [2.45, 2.75) is 50.8 Å². The zero-order valence-corrected chi connectivity index (χ0v) is 13.1. The summed E-state index contributed by atoms with van der Waals surface area (Å²) in [6.07, 6.45) is 7.75. The van der Waals surface area contributed by atoms with Gasteiger partial charge in [0.15, 0.2) is 0 Å². The summed E-state index contributed by atoms with van der Waals surface area (Å²) in [6, 6.07) is 9.88. The van der Waals surface area contributed by atoms with E-state index in [1.807, 2.05) is 30.3 Å². The topological polar surface area (TPSA) is 69.0 Å². The minimum Gasteiger partial charge on any atom is -0.488 e. The number of ether oxygens (including phenoxy) is 1. The van der Waals surface area contributed by atoms with Crippen LogP contribution in [0.4, 0.5) is 0 Å². The molecule has 0 bridgehead atoms. The lowest BCUT2D eigenvalue weighted by molar-refractivity contribution is -0.123. The lowest BCUT2D eigenvalue weighted by Gasteiger charge is -2.32. The first-order valence-electron chi connectivity index (χ1n) is 8.15. The Hall–Kier alpha value is -2.37. The lowest BCUT2D eigenvalue weighted by Crippen LogP contribution is -2.47. The van der Waals surface area contributed by atoms with Crippen LogP contribution in [0.3, 0.4) is 0 Å². The van der Waals surface area contributed by atoms with Crippen LogP contribution in [0.2, 0.25) is 0 Å². The van der Waals surface area contributed by atoms with Gasteiger partial charge in [0.1, 0.15) is 24.5 Å². The number of amides is 1. The maximum atomic E-state index is 12.2. The first-order chi connectivity index (χ1) is 11.3. The highest BCUT2D eigenvalue weighted by molar-refractivity contribution is 5.76. The maximum Gasteiger partial charge on any atom is 0.222 e. The normalized spacial score (nSPS) is 20.9. The smallest absolute Gasteiger partial charge is 0.222 e. The standard InChI is InChI=1S/C17H22N4O2/c22-17(10-11-21-13-18-12-19-21)20-15-8-4-5-9-16(15)23-14-6-2-1-3-7-14/h1-3,6-7,12-13,15-16H,4-5,8-11H2,(H,20,22)/t15-,16+/m1/s1. The average Bonchev–Trinajstić information content (AvgIpc) is 3.09. The van der Waals surface area contributed by atoms with Crippen molar-refractivity contribution >= 4 is 5.91 Å². The number of rotatable bonds is 6. The highest BCUT2D eigenvalue weighted by Gasteiger charge is 2.28. The van der Waals surface area contributed by atoms with Gasteiger partial charge in [0.05, 0.1) is 12.6 Å². The van der Waals surface area contributed by atoms with Crippen LogP contribution >= 0.6 is 0 Å². The van der Waals surface area contributed by atoms with Gasteiger partial charge in [-0.3, -0.25) is 9.48 Å². The van der Waals surface area contributed by atoms with Crippen molar-refractivity contribution in [3.63, 3.8) is 0 Å². The third-order valence-electron chi connectivity index (χ3n) is 4.11. The van der Waals surface area contributed by atoms with Crippen LogP contribution in [-0.4, -0.2) is 32.8 Å². The van der Waals surface area contributed by atoms with Crippen molar-refractivity contribution in [1.29, 1.82) is 0 Å². The van der Waals surface area contributed by atoms with Crippen LogP contribution < -0.4 is 10.1 Å². The number of aromatic nitrogens is 3. The number of hydrogen-bond donors (Lipinski definition) is 1. The maximum absolute atomic E-state index is 12.2. The second-order valence-electron chi connectivity index (χ2n) is 5.84. The summed E-state index contributed by atoms with van der Waals surface area (Å²) in [4.78, 5) is 16.1. The molecule has 0 unspecified atom stereocenters. The van der Waals surface area contributed by atoms with Gasteiger partial charge in [-0.15, -0.1) is 0 Å². The van der Waals surface area contributed by atoms with Gasteiger partial charge in [0.25, 0.3) is 0 Å². The largest absolute Gasteiger partial charge is 0.488 e. The Morgan fingerprint density at radius 2 is 2.09 bits per heavy atom. The summed E-state index contributed by atoms with van der Waals surface area (Å²) in [7, 11) is 0. The molecule has 0 radical (unpaired) electrons. The number of carbonyl (C=O) groups excluding carboxylic acids is 1. The SMILES string of the molecule is O=C(CCn1cncn1)N[C@@H]1CCCC[C@@H]1Oc1ccccc1. The molecule has 1 amide bonds. The molecule has 1 aliphatic carbocycles. The molecule has 23 heavy (non-hydrogen) atoms. The zero-order chi connectivity index (χ0) is 15.9. The lowest BCUT2D eigenvalue weighted by atomic mass is 9.92. The molecule has 122 valence electrons. The predicted molar refractivity (Wildman–Crippen MR) is 85.9 cm³/mol. The highest BCUT2D eigenvalue weighted by atomic mass is 16.5. The Balaban J connectivity index is 1.52. The number of benzene rings is 1. The van der Waals surface area contributed by atoms with Crippen LogP contribution in [0.1, 0.15) is 32.1 Å². The monoisotopic (exact) mass is 314 g/mol. The minimum absolute atomic E-state index is 0.0362. The van der Waals surface area contributed by atoms with Crippen LogP contribution in [0.5, 0.6) is 5.75 Å². The molecule has 2 aromatic rings. The van der Waals surface area contributed by atoms with Gasteiger partial charge in [-0.2, -0.15) is 5.10 Å². The molecule has 1 aromatic carbocycles. The van der Waals surface area contributed by atoms with Crippen molar-refractivity contribution < 1.29 is 9.53 Å². The van der Waals surface area contributed by atoms with Gasteiger partial charge in [-0.25, -0.2) is 4.98 Å². The molecule has 0 spiro atoms. The van der Waals surface area contributed by atoms with Gasteiger partial charge in [0.2, 0.25) is 5.91 Å². The Bertz CT molecular complexity index is 600. The first-order valence-corrected chi connectivity index (χ1v) is 8.15. The van der Waals surface area contributed by atoms with Gasteiger partial charge in [0, 0.05) is 6.42 Å². The van der Waals surface area contributed by atoms with Crippen molar-refractivity contribution in [1.82, 2.24) is 20.1 Å². The van der Waals surface area contributed by atoms with Gasteiger partial charge in [-0.05, 0) is 31.4 Å². The number of nitrogens with one attached hydrogen (secondary N) is 1. The summed E-state index contributed by atoms with van der Waals surface area (Å²) < 4.78 is 7.74. The number of para-hydroxylation sites is 1. The number of aryl methyl sites for hydroxylation is 1. The molecule has 2 atom stereocenters. The molecule has 0 aliphatic heterocycles. The second kappa shape index (κ2) is 7.76. The Kier molecular flexibility index (Phi) is 5.24. The summed E-state index contributed by atoms with van der Waals surface area (Å²) in [6.45, 7) is 0.544. The molecule has 1 saturated carbocycles. The fraction of sp³-hybridized carbons (Fsp3) is 0.471. The molecule has 3 rings (SSSR count). The van der Waals surface area contributed by atoms with Crippen molar-refractivity contribution in [2.24, 2.45) is 0 Å². The van der Waals surface area contributed by atoms with Crippen LogP contribution in [-0.2, 0) is 11.3 Å². The second-order valence-corrected chi connectivity index (χ2v) is 5.84. The Morgan fingerprint density at radius 3 is 2.87 bits per heavy atom. The van der Waals surface area contributed by atoms with E-state index in [4.69, 9.17) is 4.74 Å². The van der Waals surface area contributed by atoms with E-state index < -0.39 is 0 Å². The van der Waals surface area contributed by atoms with E-state index in [9.17, 15) is 4.79 Å². The number of nitrogens with zero attached hydrogens (tertiary/aromatic N) is 3. The van der Waals surface area contributed by atoms with E-state index in [1.54, 1.807) is 11.0 Å². The molecule has 1 N–H and O–H groups in total. The zero-order valence-electron chi connectivity index (χ0n) is 13.1. The third kappa shape index (κ3) is 4.55. The van der Waals surface area contributed by atoms with Crippen molar-refractivity contribution in [2.75, 3.05) is 0 Å². The van der Waals surface area contributed by atoms with Crippen molar-refractivity contribution in [3.05, 3.63) is 43.0 Å². The molecule has 6 nitrogen and oxygen atoms in total. The fourth-order valence-corrected chi connectivity index (χ4v) is 2.92. The predicted octanol–water partition coefficient (Wildman–Crippen LogP) is 2.17.